The lowest BCUT2D eigenvalue weighted by Crippen LogP contribution is -2.41. The van der Waals surface area contributed by atoms with Crippen molar-refractivity contribution in [1.82, 2.24) is 9.97 Å². The monoisotopic (exact) mass is 542 g/mol. The number of hydrogen-bond donors (Lipinski definition) is 2. The van der Waals surface area contributed by atoms with Gasteiger partial charge in [0.25, 0.3) is 0 Å². The van der Waals surface area contributed by atoms with Crippen LogP contribution in [0.1, 0.15) is 36.5 Å². The van der Waals surface area contributed by atoms with Crippen LogP contribution in [-0.2, 0) is 27.1 Å². The second kappa shape index (κ2) is 12.6. The largest absolute Gasteiger partial charge is 0.477 e. The van der Waals surface area contributed by atoms with E-state index in [1.54, 1.807) is 37.3 Å². The van der Waals surface area contributed by atoms with E-state index in [9.17, 15) is 28.0 Å². The lowest BCUT2D eigenvalue weighted by Gasteiger charge is -2.32. The molecular weight excluding hydrogens is 517 g/mol. The molecule has 1 atom stereocenters. The van der Waals surface area contributed by atoms with Gasteiger partial charge in [-0.15, -0.1) is 0 Å². The summed E-state index contributed by atoms with van der Waals surface area (Å²) in [4.78, 5) is 34.2. The van der Waals surface area contributed by atoms with Crippen LogP contribution < -0.4 is 21.1 Å². The van der Waals surface area contributed by atoms with Gasteiger partial charge in [-0.05, 0) is 37.1 Å². The maximum atomic E-state index is 13.6. The smallest absolute Gasteiger partial charge is 0.416 e. The van der Waals surface area contributed by atoms with Gasteiger partial charge >= 0.3 is 12.1 Å². The molecule has 0 fully saturated rings. The molecule has 4 N–H and O–H groups in total. The Kier molecular flexibility index (Phi) is 9.27. The molecule has 0 radical (unpaired) electrons. The van der Waals surface area contributed by atoms with Crippen molar-refractivity contribution in [2.45, 2.75) is 38.6 Å². The topological polar surface area (TPSA) is 157 Å². The van der Waals surface area contributed by atoms with Crippen LogP contribution in [0.15, 0.2) is 54.6 Å². The third kappa shape index (κ3) is 7.35. The molecule has 204 valence electrons. The third-order valence-electron chi connectivity index (χ3n) is 5.42. The first-order chi connectivity index (χ1) is 18.5. The van der Waals surface area contributed by atoms with Gasteiger partial charge in [-0.3, -0.25) is 4.79 Å². The minimum absolute atomic E-state index is 0.0817. The Morgan fingerprint density at radius 2 is 1.85 bits per heavy atom. The van der Waals surface area contributed by atoms with E-state index in [4.69, 9.17) is 20.9 Å². The van der Waals surface area contributed by atoms with Crippen molar-refractivity contribution in [1.29, 1.82) is 5.26 Å². The van der Waals surface area contributed by atoms with Crippen molar-refractivity contribution in [2.24, 2.45) is 5.73 Å². The average Bonchev–Trinajstić information content (AvgIpc) is 2.89. The van der Waals surface area contributed by atoms with Crippen molar-refractivity contribution >= 4 is 29.3 Å². The number of carbonyl (C=O) groups excluding carboxylic acids is 2. The highest BCUT2D eigenvalue weighted by molar-refractivity contribution is 5.86. The normalized spacial score (nSPS) is 11.8. The fourth-order valence-electron chi connectivity index (χ4n) is 3.70. The summed E-state index contributed by atoms with van der Waals surface area (Å²) in [6.45, 7) is 1.54. The van der Waals surface area contributed by atoms with Crippen molar-refractivity contribution in [2.75, 3.05) is 17.2 Å². The maximum Gasteiger partial charge on any atom is 0.416 e. The molecule has 0 aliphatic heterocycles. The minimum atomic E-state index is -4.72. The van der Waals surface area contributed by atoms with Gasteiger partial charge in [0.1, 0.15) is 18.7 Å². The Labute approximate surface area is 222 Å². The molecule has 0 saturated heterocycles. The number of nitrogen functional groups attached to an aromatic ring is 1. The molecular formula is C26H25F3N6O4. The quantitative estimate of drug-likeness (QED) is 0.343. The molecule has 1 aromatic heterocycles. The number of amides is 1. The molecule has 0 spiro atoms. The molecule has 0 aliphatic carbocycles. The van der Waals surface area contributed by atoms with E-state index in [0.717, 1.165) is 23.1 Å². The second-order valence-corrected chi connectivity index (χ2v) is 8.16. The summed E-state index contributed by atoms with van der Waals surface area (Å²) in [5, 5.41) is 9.94. The summed E-state index contributed by atoms with van der Waals surface area (Å²) in [5.74, 6) is -2.57. The highest BCUT2D eigenvalue weighted by atomic mass is 19.4. The molecule has 3 rings (SSSR count). The molecule has 0 aliphatic rings. The van der Waals surface area contributed by atoms with E-state index < -0.39 is 29.7 Å². The Hall–Kier alpha value is -4.86. The zero-order valence-electron chi connectivity index (χ0n) is 20.8. The summed E-state index contributed by atoms with van der Waals surface area (Å²) in [7, 11) is 0. The van der Waals surface area contributed by atoms with Gasteiger partial charge in [0.15, 0.2) is 11.4 Å². The Balaban J connectivity index is 2.21. The molecule has 0 unspecified atom stereocenters. The zero-order valence-corrected chi connectivity index (χ0v) is 20.8. The van der Waals surface area contributed by atoms with Crippen LogP contribution in [0.5, 0.6) is 5.88 Å². The van der Waals surface area contributed by atoms with Crippen LogP contribution in [0.25, 0.3) is 0 Å². The predicted octanol–water partition coefficient (Wildman–Crippen LogP) is 3.86. The first-order valence-electron chi connectivity index (χ1n) is 11.7. The maximum absolute atomic E-state index is 13.6. The van der Waals surface area contributed by atoms with E-state index in [-0.39, 0.29) is 55.0 Å². The number of hydrogen-bond acceptors (Lipinski definition) is 9. The number of rotatable bonds is 11. The summed E-state index contributed by atoms with van der Waals surface area (Å²) in [6.07, 6.45) is -5.34. The average molecular weight is 543 g/mol. The number of esters is 1. The van der Waals surface area contributed by atoms with Crippen molar-refractivity contribution in [3.8, 4) is 11.9 Å². The lowest BCUT2D eigenvalue weighted by atomic mass is 10.1. The number of primary amides is 1. The third-order valence-corrected chi connectivity index (χ3v) is 5.42. The highest BCUT2D eigenvalue weighted by Crippen LogP contribution is 2.38. The zero-order chi connectivity index (χ0) is 28.6. The summed E-state index contributed by atoms with van der Waals surface area (Å²) < 4.78 is 51.8. The molecule has 0 bridgehead atoms. The number of anilines is 3. The molecule has 2 aromatic carbocycles. The number of halogens is 3. The predicted molar refractivity (Wildman–Crippen MR) is 134 cm³/mol. The van der Waals surface area contributed by atoms with Crippen molar-refractivity contribution < 1.29 is 32.2 Å². The van der Waals surface area contributed by atoms with Gasteiger partial charge in [-0.25, -0.2) is 4.79 Å². The van der Waals surface area contributed by atoms with Gasteiger partial charge in [0.2, 0.25) is 17.7 Å². The second-order valence-electron chi connectivity index (χ2n) is 8.16. The van der Waals surface area contributed by atoms with Crippen LogP contribution >= 0.6 is 0 Å². The van der Waals surface area contributed by atoms with E-state index in [1.165, 1.54) is 6.07 Å². The Bertz CT molecular complexity index is 1360. The molecule has 3 aromatic rings. The number of benzene rings is 2. The number of ether oxygens (including phenoxy) is 2. The van der Waals surface area contributed by atoms with Crippen LogP contribution in [0.2, 0.25) is 0 Å². The Morgan fingerprint density at radius 3 is 2.46 bits per heavy atom. The van der Waals surface area contributed by atoms with Crippen molar-refractivity contribution in [3.63, 3.8) is 0 Å². The Morgan fingerprint density at radius 1 is 1.13 bits per heavy atom. The van der Waals surface area contributed by atoms with E-state index in [1.807, 2.05) is 6.07 Å². The number of aromatic nitrogens is 2. The van der Waals surface area contributed by atoms with Gasteiger partial charge in [0.05, 0.1) is 12.2 Å². The number of carbonyl (C=O) groups is 2. The van der Waals surface area contributed by atoms with E-state index in [2.05, 4.69) is 9.97 Å². The summed E-state index contributed by atoms with van der Waals surface area (Å²) in [5.41, 5.74) is 10.3. The van der Waals surface area contributed by atoms with Crippen molar-refractivity contribution in [3.05, 3.63) is 71.3 Å². The van der Waals surface area contributed by atoms with Gasteiger partial charge in [-0.2, -0.15) is 28.4 Å². The van der Waals surface area contributed by atoms with Crippen LogP contribution in [-0.4, -0.2) is 34.5 Å². The number of nitriles is 1. The molecule has 13 heteroatoms. The van der Waals surface area contributed by atoms with E-state index >= 15 is 0 Å². The van der Waals surface area contributed by atoms with Crippen LogP contribution in [0.4, 0.5) is 30.6 Å². The number of nitrogens with two attached hydrogens (primary N) is 2. The van der Waals surface area contributed by atoms with Crippen LogP contribution in [0.3, 0.4) is 0 Å². The SMILES string of the molecule is CCOc1nc(N)nc(N(c2cccc(C(F)(F)F)c2)[C@@H](CCC(N)=O)C(=O)OCc2ccccc2)c1C#N. The first kappa shape index (κ1) is 28.7. The fraction of sp³-hybridized carbons (Fsp3) is 0.269. The van der Waals surface area contributed by atoms with Crippen LogP contribution in [0, 0.1) is 11.3 Å². The highest BCUT2D eigenvalue weighted by Gasteiger charge is 2.36. The summed E-state index contributed by atoms with van der Waals surface area (Å²) in [6, 6.07) is 13.1. The molecule has 1 heterocycles. The van der Waals surface area contributed by atoms with E-state index in [0.29, 0.717) is 5.56 Å². The first-order valence-corrected chi connectivity index (χ1v) is 11.7. The summed E-state index contributed by atoms with van der Waals surface area (Å²) >= 11 is 0. The standard InChI is InChI=1S/C26H25F3N6O4/c1-2-38-23-19(14-30)22(33-25(32)34-23)35(18-10-6-9-17(13-18)26(27,28)29)20(11-12-21(31)36)24(37)39-15-16-7-4-3-5-8-16/h3-10,13,20H,2,11-12,15H2,1H3,(H2,31,36)(H2,32,33,34)/t20-/m0/s1. The molecule has 0 saturated carbocycles. The minimum Gasteiger partial charge on any atom is -0.477 e. The van der Waals surface area contributed by atoms with Gasteiger partial charge in [-0.1, -0.05) is 36.4 Å². The number of alkyl halides is 3. The fourth-order valence-corrected chi connectivity index (χ4v) is 3.70. The van der Waals surface area contributed by atoms with Gasteiger partial charge in [0, 0.05) is 12.1 Å². The number of nitrogens with zero attached hydrogens (tertiary/aromatic N) is 4. The lowest BCUT2D eigenvalue weighted by molar-refractivity contribution is -0.146. The van der Waals surface area contributed by atoms with Gasteiger partial charge < -0.3 is 25.8 Å². The molecule has 10 nitrogen and oxygen atoms in total. The molecule has 1 amide bonds. The molecule has 39 heavy (non-hydrogen) atoms.